The number of carbonyl (C=O) groups is 3. The van der Waals surface area contributed by atoms with Gasteiger partial charge in [0, 0.05) is 19.6 Å². The van der Waals surface area contributed by atoms with Crippen LogP contribution in [0.1, 0.15) is 32.6 Å². The van der Waals surface area contributed by atoms with E-state index >= 15 is 0 Å². The number of carbonyl (C=O) groups excluding carboxylic acids is 2. The second-order valence-electron chi connectivity index (χ2n) is 5.65. The number of likely N-dealkylation sites (tertiary alicyclic amines) is 2. The molecule has 2 heterocycles. The van der Waals surface area contributed by atoms with E-state index in [-0.39, 0.29) is 12.6 Å². The number of nitrogens with two attached hydrogens (primary N) is 1. The van der Waals surface area contributed by atoms with E-state index in [1.807, 2.05) is 6.92 Å². The van der Waals surface area contributed by atoms with Crippen LogP contribution >= 0.6 is 0 Å². The van der Waals surface area contributed by atoms with E-state index in [0.717, 1.165) is 6.42 Å². The molecule has 112 valence electrons. The molecule has 2 aliphatic heterocycles. The van der Waals surface area contributed by atoms with Crippen LogP contribution in [0.15, 0.2) is 0 Å². The summed E-state index contributed by atoms with van der Waals surface area (Å²) in [6, 6.07) is -0.813. The highest BCUT2D eigenvalue weighted by molar-refractivity contribution is 5.87. The number of hydrogen-bond acceptors (Lipinski definition) is 3. The minimum absolute atomic E-state index is 0.208. The maximum absolute atomic E-state index is 12.4. The summed E-state index contributed by atoms with van der Waals surface area (Å²) in [6.45, 7) is 2.96. The molecule has 0 aromatic carbocycles. The number of amides is 3. The fraction of sp³-hybridized carbons (Fsp3) is 0.769. The molecule has 0 aromatic rings. The number of aliphatic carboxylic acids is 1. The summed E-state index contributed by atoms with van der Waals surface area (Å²) in [4.78, 5) is 38.2. The van der Waals surface area contributed by atoms with Crippen molar-refractivity contribution in [2.75, 3.05) is 19.6 Å². The Labute approximate surface area is 117 Å². The van der Waals surface area contributed by atoms with Crippen LogP contribution in [-0.4, -0.2) is 58.5 Å². The Kier molecular flexibility index (Phi) is 3.87. The van der Waals surface area contributed by atoms with Gasteiger partial charge in [-0.25, -0.2) is 4.79 Å². The molecule has 2 atom stereocenters. The number of hydrogen-bond donors (Lipinski definition) is 2. The quantitative estimate of drug-likeness (QED) is 0.774. The topological polar surface area (TPSA) is 104 Å². The maximum atomic E-state index is 12.4. The Bertz CT molecular complexity index is 439. The van der Waals surface area contributed by atoms with Crippen molar-refractivity contribution in [2.45, 2.75) is 38.6 Å². The Morgan fingerprint density at radius 3 is 2.55 bits per heavy atom. The third kappa shape index (κ3) is 2.32. The van der Waals surface area contributed by atoms with Crippen LogP contribution in [0.25, 0.3) is 0 Å². The van der Waals surface area contributed by atoms with Gasteiger partial charge in [-0.2, -0.15) is 0 Å². The summed E-state index contributed by atoms with van der Waals surface area (Å²) in [5, 5.41) is 9.34. The molecular formula is C13H21N3O4. The number of primary amides is 1. The molecule has 2 aliphatic rings. The summed E-state index contributed by atoms with van der Waals surface area (Å²) in [5.41, 5.74) is 4.46. The zero-order chi connectivity index (χ0) is 14.9. The summed E-state index contributed by atoms with van der Waals surface area (Å²) in [6.07, 6.45) is 2.29. The van der Waals surface area contributed by atoms with Gasteiger partial charge in [0.25, 0.3) is 0 Å². The van der Waals surface area contributed by atoms with Crippen LogP contribution in [0, 0.1) is 5.41 Å². The number of urea groups is 1. The molecule has 0 bridgehead atoms. The molecule has 7 nitrogen and oxygen atoms in total. The smallest absolute Gasteiger partial charge is 0.320 e. The lowest BCUT2D eigenvalue weighted by Gasteiger charge is -2.29. The van der Waals surface area contributed by atoms with Crippen molar-refractivity contribution in [3.8, 4) is 0 Å². The van der Waals surface area contributed by atoms with Crippen LogP contribution in [0.3, 0.4) is 0 Å². The van der Waals surface area contributed by atoms with Gasteiger partial charge in [-0.05, 0) is 25.7 Å². The molecule has 3 amide bonds. The zero-order valence-corrected chi connectivity index (χ0v) is 11.7. The summed E-state index contributed by atoms with van der Waals surface area (Å²) >= 11 is 0. The lowest BCUT2D eigenvalue weighted by Crippen LogP contribution is -2.49. The van der Waals surface area contributed by atoms with Gasteiger partial charge in [-0.3, -0.25) is 9.59 Å². The van der Waals surface area contributed by atoms with Crippen molar-refractivity contribution in [3.05, 3.63) is 0 Å². The first-order valence-corrected chi connectivity index (χ1v) is 6.99. The van der Waals surface area contributed by atoms with E-state index in [2.05, 4.69) is 0 Å². The van der Waals surface area contributed by atoms with Crippen LogP contribution in [0.4, 0.5) is 4.79 Å². The van der Waals surface area contributed by atoms with Crippen molar-refractivity contribution in [1.82, 2.24) is 9.80 Å². The van der Waals surface area contributed by atoms with Gasteiger partial charge >= 0.3 is 12.0 Å². The van der Waals surface area contributed by atoms with E-state index in [1.54, 1.807) is 4.90 Å². The molecular weight excluding hydrogens is 262 g/mol. The first kappa shape index (κ1) is 14.6. The molecule has 7 heteroatoms. The standard InChI is InChI=1S/C13H21N3O4/c1-2-13(11(18)19)5-7-15(8-13)12(20)16-6-3-4-9(16)10(14)17/h9H,2-8H2,1H3,(H2,14,17)(H,18,19). The van der Waals surface area contributed by atoms with E-state index in [9.17, 15) is 19.5 Å². The first-order valence-electron chi connectivity index (χ1n) is 6.99. The molecule has 0 saturated carbocycles. The van der Waals surface area contributed by atoms with Crippen molar-refractivity contribution in [1.29, 1.82) is 0 Å². The molecule has 3 N–H and O–H groups in total. The molecule has 0 aromatic heterocycles. The van der Waals surface area contributed by atoms with Crippen molar-refractivity contribution < 1.29 is 19.5 Å². The fourth-order valence-corrected chi connectivity index (χ4v) is 3.12. The molecule has 2 saturated heterocycles. The van der Waals surface area contributed by atoms with Gasteiger partial charge in [0.1, 0.15) is 6.04 Å². The summed E-state index contributed by atoms with van der Waals surface area (Å²) in [7, 11) is 0. The minimum atomic E-state index is -0.858. The van der Waals surface area contributed by atoms with Crippen LogP contribution in [0.2, 0.25) is 0 Å². The predicted molar refractivity (Wildman–Crippen MR) is 70.9 cm³/mol. The van der Waals surface area contributed by atoms with Gasteiger partial charge in [0.05, 0.1) is 5.41 Å². The fourth-order valence-electron chi connectivity index (χ4n) is 3.12. The lowest BCUT2D eigenvalue weighted by atomic mass is 9.84. The first-order chi connectivity index (χ1) is 9.41. The van der Waals surface area contributed by atoms with E-state index in [4.69, 9.17) is 5.73 Å². The van der Waals surface area contributed by atoms with E-state index in [0.29, 0.717) is 32.4 Å². The molecule has 2 rings (SSSR count). The van der Waals surface area contributed by atoms with E-state index < -0.39 is 23.3 Å². The lowest BCUT2D eigenvalue weighted by molar-refractivity contribution is -0.148. The van der Waals surface area contributed by atoms with Gasteiger partial charge in [0.15, 0.2) is 0 Å². The summed E-state index contributed by atoms with van der Waals surface area (Å²) < 4.78 is 0. The van der Waals surface area contributed by atoms with Gasteiger partial charge < -0.3 is 20.6 Å². The Hall–Kier alpha value is -1.79. The second-order valence-corrected chi connectivity index (χ2v) is 5.65. The number of nitrogens with zero attached hydrogens (tertiary/aromatic N) is 2. The monoisotopic (exact) mass is 283 g/mol. The molecule has 0 aliphatic carbocycles. The zero-order valence-electron chi connectivity index (χ0n) is 11.7. The van der Waals surface area contributed by atoms with Crippen molar-refractivity contribution >= 4 is 17.9 Å². The second kappa shape index (κ2) is 5.30. The van der Waals surface area contributed by atoms with Crippen molar-refractivity contribution in [2.24, 2.45) is 11.1 Å². The molecule has 20 heavy (non-hydrogen) atoms. The highest BCUT2D eigenvalue weighted by Crippen LogP contribution is 2.35. The largest absolute Gasteiger partial charge is 0.481 e. The highest BCUT2D eigenvalue weighted by Gasteiger charge is 2.46. The highest BCUT2D eigenvalue weighted by atomic mass is 16.4. The molecule has 2 unspecified atom stereocenters. The third-order valence-corrected chi connectivity index (χ3v) is 4.58. The number of rotatable bonds is 3. The predicted octanol–water partition coefficient (Wildman–Crippen LogP) is 0.243. The molecule has 2 fully saturated rings. The van der Waals surface area contributed by atoms with Gasteiger partial charge in [0.2, 0.25) is 5.91 Å². The number of carboxylic acids is 1. The van der Waals surface area contributed by atoms with Crippen LogP contribution < -0.4 is 5.73 Å². The molecule has 0 radical (unpaired) electrons. The average Bonchev–Trinajstić information content (AvgIpc) is 3.05. The normalized spacial score (nSPS) is 29.8. The molecule has 0 spiro atoms. The van der Waals surface area contributed by atoms with Gasteiger partial charge in [-0.1, -0.05) is 6.92 Å². The van der Waals surface area contributed by atoms with E-state index in [1.165, 1.54) is 4.90 Å². The Morgan fingerprint density at radius 2 is 2.05 bits per heavy atom. The van der Waals surface area contributed by atoms with Crippen LogP contribution in [0.5, 0.6) is 0 Å². The average molecular weight is 283 g/mol. The van der Waals surface area contributed by atoms with Gasteiger partial charge in [-0.15, -0.1) is 0 Å². The minimum Gasteiger partial charge on any atom is -0.481 e. The van der Waals surface area contributed by atoms with Crippen LogP contribution in [-0.2, 0) is 9.59 Å². The SMILES string of the molecule is CCC1(C(=O)O)CCN(C(=O)N2CCCC2C(N)=O)C1. The summed E-state index contributed by atoms with van der Waals surface area (Å²) in [5.74, 6) is -1.35. The Morgan fingerprint density at radius 1 is 1.35 bits per heavy atom. The third-order valence-electron chi connectivity index (χ3n) is 4.58. The van der Waals surface area contributed by atoms with Crippen molar-refractivity contribution in [3.63, 3.8) is 0 Å². The Balaban J connectivity index is 2.08. The maximum Gasteiger partial charge on any atom is 0.320 e. The number of carboxylic acid groups (broad SMARTS) is 1.